The predicted octanol–water partition coefficient (Wildman–Crippen LogP) is 2.37. The fourth-order valence-electron chi connectivity index (χ4n) is 1.82. The molecule has 1 unspecified atom stereocenters. The lowest BCUT2D eigenvalue weighted by molar-refractivity contribution is -0.112. The van der Waals surface area contributed by atoms with E-state index in [1.807, 2.05) is 0 Å². The van der Waals surface area contributed by atoms with Crippen LogP contribution >= 0.6 is 0 Å². The van der Waals surface area contributed by atoms with Gasteiger partial charge in [0.25, 0.3) is 0 Å². The molecule has 0 radical (unpaired) electrons. The molecule has 1 saturated heterocycles. The van der Waals surface area contributed by atoms with E-state index in [4.69, 9.17) is 4.74 Å². The molecule has 0 N–H and O–H groups in total. The molecule has 1 heterocycles. The van der Waals surface area contributed by atoms with Crippen LogP contribution in [0.5, 0.6) is 0 Å². The normalized spacial score (nSPS) is 21.1. The minimum Gasteiger partial charge on any atom is -0.450 e. The lowest BCUT2D eigenvalue weighted by Gasteiger charge is -2.29. The molecule has 98 valence electrons. The van der Waals surface area contributed by atoms with Crippen molar-refractivity contribution in [1.29, 1.82) is 0 Å². The molecule has 4 nitrogen and oxygen atoms in total. The second kappa shape index (κ2) is 6.19. The largest absolute Gasteiger partial charge is 0.450 e. The van der Waals surface area contributed by atoms with Gasteiger partial charge in [-0.25, -0.2) is 4.79 Å². The zero-order chi connectivity index (χ0) is 12.9. The number of likely N-dealkylation sites (tertiary alicyclic amines) is 1. The highest BCUT2D eigenvalue weighted by Crippen LogP contribution is 2.15. The Hall–Kier alpha value is -0.843. The Kier molecular flexibility index (Phi) is 5.18. The summed E-state index contributed by atoms with van der Waals surface area (Å²) >= 11 is 0. The van der Waals surface area contributed by atoms with Gasteiger partial charge >= 0.3 is 6.09 Å². The van der Waals surface area contributed by atoms with Crippen LogP contribution in [0.25, 0.3) is 0 Å². The summed E-state index contributed by atoms with van der Waals surface area (Å²) in [6.45, 7) is 8.51. The second-order valence-electron chi connectivity index (χ2n) is 5.91. The van der Waals surface area contributed by atoms with E-state index in [-0.39, 0.29) is 12.0 Å². The van der Waals surface area contributed by atoms with Crippen molar-refractivity contribution in [2.45, 2.75) is 38.5 Å². The third-order valence-corrected chi connectivity index (χ3v) is 4.69. The van der Waals surface area contributed by atoms with Crippen molar-refractivity contribution in [3.05, 3.63) is 0 Å². The molecule has 1 amide bonds. The number of hydrogen-bond donors (Lipinski definition) is 0. The van der Waals surface area contributed by atoms with Gasteiger partial charge in [-0.3, -0.25) is 0 Å². The number of ether oxygens (including phenoxy) is 1. The minimum absolute atomic E-state index is 0.00621. The molecule has 0 bridgehead atoms. The summed E-state index contributed by atoms with van der Waals surface area (Å²) in [5.74, 6) is -0.00621. The van der Waals surface area contributed by atoms with Crippen molar-refractivity contribution in [3.8, 4) is 0 Å². The first-order valence-electron chi connectivity index (χ1n) is 6.29. The molecule has 0 aromatic heterocycles. The Balaban J connectivity index is 2.30. The quantitative estimate of drug-likeness (QED) is 0.574. The van der Waals surface area contributed by atoms with E-state index in [0.29, 0.717) is 13.2 Å². The number of amides is 1. The molecule has 1 aliphatic heterocycles. The van der Waals surface area contributed by atoms with Gasteiger partial charge in [0.1, 0.15) is 6.29 Å². The molecule has 17 heavy (non-hydrogen) atoms. The van der Waals surface area contributed by atoms with Crippen molar-refractivity contribution in [1.82, 2.24) is 4.90 Å². The van der Waals surface area contributed by atoms with Crippen LogP contribution in [0.15, 0.2) is 0 Å². The molecule has 0 aromatic rings. The van der Waals surface area contributed by atoms with E-state index in [1.54, 1.807) is 4.90 Å². The third-order valence-electron chi connectivity index (χ3n) is 2.99. The highest BCUT2D eigenvalue weighted by Gasteiger charge is 2.24. The maximum atomic E-state index is 11.7. The first kappa shape index (κ1) is 14.2. The molecule has 5 heteroatoms. The minimum atomic E-state index is -1.15. The average Bonchev–Trinajstić information content (AvgIpc) is 2.27. The smallest absolute Gasteiger partial charge is 0.409 e. The first-order chi connectivity index (χ1) is 7.92. The summed E-state index contributed by atoms with van der Waals surface area (Å²) in [4.78, 5) is 24.1. The third kappa shape index (κ3) is 5.34. The van der Waals surface area contributed by atoms with Crippen molar-refractivity contribution in [3.63, 3.8) is 0 Å². The molecule has 1 aliphatic rings. The summed E-state index contributed by atoms with van der Waals surface area (Å²) in [5.41, 5.74) is 0. The molecule has 1 atom stereocenters. The summed E-state index contributed by atoms with van der Waals surface area (Å²) in [6.07, 6.45) is 2.48. The van der Waals surface area contributed by atoms with Gasteiger partial charge in [-0.05, 0) is 18.9 Å². The van der Waals surface area contributed by atoms with Gasteiger partial charge in [0.15, 0.2) is 0 Å². The van der Waals surface area contributed by atoms with Gasteiger partial charge in [0, 0.05) is 27.1 Å². The topological polar surface area (TPSA) is 46.6 Å². The number of nitrogens with zero attached hydrogens (tertiary/aromatic N) is 1. The van der Waals surface area contributed by atoms with Gasteiger partial charge in [-0.1, -0.05) is 19.6 Å². The van der Waals surface area contributed by atoms with Crippen molar-refractivity contribution < 1.29 is 14.3 Å². The molecule has 0 aromatic carbocycles. The highest BCUT2D eigenvalue weighted by atomic mass is 28.3. The maximum absolute atomic E-state index is 11.7. The number of hydrogen-bond acceptors (Lipinski definition) is 3. The van der Waals surface area contributed by atoms with Gasteiger partial charge < -0.3 is 14.4 Å². The van der Waals surface area contributed by atoms with E-state index in [9.17, 15) is 9.59 Å². The average molecular weight is 257 g/mol. The van der Waals surface area contributed by atoms with Crippen molar-refractivity contribution in [2.24, 2.45) is 5.92 Å². The number of piperidine rings is 1. The van der Waals surface area contributed by atoms with E-state index < -0.39 is 8.07 Å². The Morgan fingerprint density at radius 2 is 2.18 bits per heavy atom. The van der Waals surface area contributed by atoms with Crippen LogP contribution in [0.2, 0.25) is 25.7 Å². The molecule has 0 saturated carbocycles. The Bertz CT molecular complexity index is 275. The summed E-state index contributed by atoms with van der Waals surface area (Å²) in [7, 11) is -1.15. The monoisotopic (exact) mass is 257 g/mol. The Morgan fingerprint density at radius 1 is 1.47 bits per heavy atom. The molecular formula is C12H23NO3Si. The Morgan fingerprint density at radius 3 is 2.76 bits per heavy atom. The molecule has 0 spiro atoms. The number of rotatable bonds is 4. The lowest BCUT2D eigenvalue weighted by Crippen LogP contribution is -2.41. The van der Waals surface area contributed by atoms with E-state index in [1.165, 1.54) is 0 Å². The fourth-order valence-corrected chi connectivity index (χ4v) is 2.54. The first-order valence-corrected chi connectivity index (χ1v) is 10.00. The van der Waals surface area contributed by atoms with E-state index in [0.717, 1.165) is 31.7 Å². The van der Waals surface area contributed by atoms with E-state index in [2.05, 4.69) is 19.6 Å². The molecule has 0 aliphatic carbocycles. The lowest BCUT2D eigenvalue weighted by atomic mass is 10.0. The van der Waals surface area contributed by atoms with Crippen LogP contribution in [0.4, 0.5) is 4.79 Å². The summed E-state index contributed by atoms with van der Waals surface area (Å²) in [5, 5.41) is 0. The summed E-state index contributed by atoms with van der Waals surface area (Å²) < 4.78 is 5.26. The number of carbonyl (C=O) groups is 2. The van der Waals surface area contributed by atoms with Crippen LogP contribution in [-0.2, 0) is 9.53 Å². The van der Waals surface area contributed by atoms with Crippen LogP contribution in [-0.4, -0.2) is 45.0 Å². The maximum Gasteiger partial charge on any atom is 0.409 e. The zero-order valence-electron chi connectivity index (χ0n) is 11.1. The molecular weight excluding hydrogens is 234 g/mol. The van der Waals surface area contributed by atoms with Crippen LogP contribution < -0.4 is 0 Å². The molecule has 1 rings (SSSR count). The van der Waals surface area contributed by atoms with Crippen LogP contribution in [0.1, 0.15) is 12.8 Å². The van der Waals surface area contributed by atoms with Crippen LogP contribution in [0, 0.1) is 5.92 Å². The van der Waals surface area contributed by atoms with Gasteiger partial charge in [-0.2, -0.15) is 0 Å². The Labute approximate surface area is 104 Å². The van der Waals surface area contributed by atoms with Crippen molar-refractivity contribution >= 4 is 20.5 Å². The molecule has 1 fully saturated rings. The predicted molar refractivity (Wildman–Crippen MR) is 69.9 cm³/mol. The fraction of sp³-hybridized carbons (Fsp3) is 0.833. The highest BCUT2D eigenvalue weighted by molar-refractivity contribution is 6.76. The van der Waals surface area contributed by atoms with Gasteiger partial charge in [0.2, 0.25) is 0 Å². The van der Waals surface area contributed by atoms with Gasteiger partial charge in [-0.15, -0.1) is 0 Å². The second-order valence-corrected chi connectivity index (χ2v) is 11.5. The standard InChI is InChI=1S/C12H23NO3Si/c1-17(2,3)8-7-16-12(15)13-6-4-5-11(9-13)10-14/h10-11H,4-9H2,1-3H3. The van der Waals surface area contributed by atoms with E-state index >= 15 is 0 Å². The zero-order valence-corrected chi connectivity index (χ0v) is 12.1. The van der Waals surface area contributed by atoms with Crippen LogP contribution in [0.3, 0.4) is 0 Å². The van der Waals surface area contributed by atoms with Gasteiger partial charge in [0.05, 0.1) is 6.61 Å². The SMILES string of the molecule is C[Si](C)(C)CCOC(=O)N1CCCC(C=O)C1. The summed E-state index contributed by atoms with van der Waals surface area (Å²) in [6, 6.07) is 0.990. The number of aldehydes is 1. The number of carbonyl (C=O) groups excluding carboxylic acids is 2. The van der Waals surface area contributed by atoms with Crippen molar-refractivity contribution in [2.75, 3.05) is 19.7 Å².